The Kier molecular flexibility index (Phi) is 2.49. The lowest BCUT2D eigenvalue weighted by Crippen LogP contribution is -2.51. The smallest absolute Gasteiger partial charge is 0.181 e. The second-order valence-corrected chi connectivity index (χ2v) is 3.07. The van der Waals surface area contributed by atoms with Crippen molar-refractivity contribution < 1.29 is 20.1 Å². The van der Waals surface area contributed by atoms with Gasteiger partial charge in [-0.2, -0.15) is 0 Å². The summed E-state index contributed by atoms with van der Waals surface area (Å²) in [6.07, 6.45) is -3.26. The predicted octanol–water partition coefficient (Wildman–Crippen LogP) is -0.919. The summed E-state index contributed by atoms with van der Waals surface area (Å²) in [5.41, 5.74) is 0. The fraction of sp³-hybridized carbons (Fsp3) is 1.00. The quantitative estimate of drug-likeness (QED) is 0.431. The Morgan fingerprint density at radius 2 is 1.55 bits per heavy atom. The van der Waals surface area contributed by atoms with E-state index >= 15 is 0 Å². The zero-order valence-corrected chi connectivity index (χ0v) is 6.64. The fourth-order valence-electron chi connectivity index (χ4n) is 1.27. The Morgan fingerprint density at radius 1 is 1.00 bits per heavy atom. The largest absolute Gasteiger partial charge is 0.390 e. The summed E-state index contributed by atoms with van der Waals surface area (Å²) in [4.78, 5) is 0. The van der Waals surface area contributed by atoms with E-state index in [1.165, 1.54) is 0 Å². The third-order valence-electron chi connectivity index (χ3n) is 2.20. The molecule has 0 aromatic rings. The highest BCUT2D eigenvalue weighted by atomic mass is 16.6. The molecule has 0 spiro atoms. The van der Waals surface area contributed by atoms with Crippen molar-refractivity contribution in [2.75, 3.05) is 0 Å². The molecule has 1 aliphatic heterocycles. The van der Waals surface area contributed by atoms with Gasteiger partial charge in [-0.15, -0.1) is 0 Å². The van der Waals surface area contributed by atoms with Crippen LogP contribution in [0.1, 0.15) is 13.8 Å². The second-order valence-electron chi connectivity index (χ2n) is 3.07. The van der Waals surface area contributed by atoms with E-state index in [-0.39, 0.29) is 5.92 Å². The monoisotopic (exact) mass is 162 g/mol. The Hall–Kier alpha value is -0.160. The minimum atomic E-state index is -1.16. The number of rotatable bonds is 0. The van der Waals surface area contributed by atoms with Gasteiger partial charge in [-0.3, -0.25) is 0 Å². The standard InChI is InChI=1S/C7H14O4/c1-3-5(8)4(2)11-7(10)6(3)9/h3-10H,1-2H3/t3-,4+,5-,6+,7?/m0/s1. The third-order valence-corrected chi connectivity index (χ3v) is 2.20. The van der Waals surface area contributed by atoms with Gasteiger partial charge in [-0.1, -0.05) is 6.92 Å². The predicted molar refractivity (Wildman–Crippen MR) is 37.7 cm³/mol. The van der Waals surface area contributed by atoms with Crippen LogP contribution in [0.2, 0.25) is 0 Å². The van der Waals surface area contributed by atoms with E-state index in [0.29, 0.717) is 0 Å². The van der Waals surface area contributed by atoms with Gasteiger partial charge in [0.05, 0.1) is 12.2 Å². The van der Waals surface area contributed by atoms with Gasteiger partial charge in [0, 0.05) is 5.92 Å². The van der Waals surface area contributed by atoms with E-state index in [1.54, 1.807) is 13.8 Å². The molecule has 1 unspecified atom stereocenters. The summed E-state index contributed by atoms with van der Waals surface area (Å²) >= 11 is 0. The summed E-state index contributed by atoms with van der Waals surface area (Å²) in [5, 5.41) is 27.6. The summed E-state index contributed by atoms with van der Waals surface area (Å²) in [5.74, 6) is -0.339. The minimum absolute atomic E-state index is 0.339. The highest BCUT2D eigenvalue weighted by molar-refractivity contribution is 4.83. The molecule has 0 amide bonds. The number of hydrogen-bond donors (Lipinski definition) is 3. The number of ether oxygens (including phenoxy) is 1. The topological polar surface area (TPSA) is 69.9 Å². The molecule has 4 nitrogen and oxygen atoms in total. The molecule has 0 radical (unpaired) electrons. The summed E-state index contributed by atoms with van der Waals surface area (Å²) in [7, 11) is 0. The van der Waals surface area contributed by atoms with Gasteiger partial charge in [0.1, 0.15) is 6.10 Å². The van der Waals surface area contributed by atoms with Crippen LogP contribution < -0.4 is 0 Å². The Balaban J connectivity index is 2.63. The molecule has 0 aromatic carbocycles. The lowest BCUT2D eigenvalue weighted by Gasteiger charge is -2.37. The van der Waals surface area contributed by atoms with Gasteiger partial charge in [0.25, 0.3) is 0 Å². The molecule has 3 N–H and O–H groups in total. The first-order valence-corrected chi connectivity index (χ1v) is 3.73. The van der Waals surface area contributed by atoms with Crippen LogP contribution in [0.5, 0.6) is 0 Å². The first kappa shape index (κ1) is 8.93. The Morgan fingerprint density at radius 3 is 2.09 bits per heavy atom. The van der Waals surface area contributed by atoms with Crippen LogP contribution in [0, 0.1) is 5.92 Å². The van der Waals surface area contributed by atoms with E-state index in [4.69, 9.17) is 9.84 Å². The van der Waals surface area contributed by atoms with Crippen molar-refractivity contribution in [1.82, 2.24) is 0 Å². The zero-order valence-electron chi connectivity index (χ0n) is 6.64. The maximum absolute atomic E-state index is 9.34. The van der Waals surface area contributed by atoms with Crippen LogP contribution in [0.3, 0.4) is 0 Å². The first-order chi connectivity index (χ1) is 5.04. The van der Waals surface area contributed by atoms with Gasteiger partial charge in [-0.25, -0.2) is 0 Å². The molecule has 0 aromatic heterocycles. The SMILES string of the molecule is C[C@H]1[C@H](O)[C@@H](C)OC(O)[C@@H]1O. The lowest BCUT2D eigenvalue weighted by atomic mass is 9.91. The Labute approximate surface area is 65.4 Å². The van der Waals surface area contributed by atoms with Crippen LogP contribution in [-0.4, -0.2) is 39.9 Å². The van der Waals surface area contributed by atoms with Crippen molar-refractivity contribution in [2.24, 2.45) is 5.92 Å². The minimum Gasteiger partial charge on any atom is -0.390 e. The zero-order chi connectivity index (χ0) is 8.59. The van der Waals surface area contributed by atoms with Gasteiger partial charge in [0.2, 0.25) is 0 Å². The number of hydrogen-bond acceptors (Lipinski definition) is 4. The molecule has 1 saturated heterocycles. The summed E-state index contributed by atoms with van der Waals surface area (Å²) in [6, 6.07) is 0. The fourth-order valence-corrected chi connectivity index (χ4v) is 1.27. The van der Waals surface area contributed by atoms with Crippen LogP contribution in [0.15, 0.2) is 0 Å². The van der Waals surface area contributed by atoms with Crippen molar-refractivity contribution in [1.29, 1.82) is 0 Å². The van der Waals surface area contributed by atoms with Crippen LogP contribution in [-0.2, 0) is 4.74 Å². The van der Waals surface area contributed by atoms with Gasteiger partial charge >= 0.3 is 0 Å². The van der Waals surface area contributed by atoms with E-state index < -0.39 is 24.6 Å². The normalized spacial score (nSPS) is 52.6. The van der Waals surface area contributed by atoms with E-state index in [9.17, 15) is 10.2 Å². The van der Waals surface area contributed by atoms with Crippen LogP contribution >= 0.6 is 0 Å². The molecule has 66 valence electrons. The Bertz CT molecular complexity index is 124. The molecule has 0 bridgehead atoms. The van der Waals surface area contributed by atoms with Gasteiger partial charge < -0.3 is 20.1 Å². The van der Waals surface area contributed by atoms with Crippen molar-refractivity contribution in [2.45, 2.75) is 38.4 Å². The molecule has 0 saturated carbocycles. The molecular weight excluding hydrogens is 148 g/mol. The average molecular weight is 162 g/mol. The van der Waals surface area contributed by atoms with E-state index in [2.05, 4.69) is 0 Å². The van der Waals surface area contributed by atoms with Crippen molar-refractivity contribution in [3.05, 3.63) is 0 Å². The lowest BCUT2D eigenvalue weighted by molar-refractivity contribution is -0.260. The molecule has 1 aliphatic rings. The maximum atomic E-state index is 9.34. The maximum Gasteiger partial charge on any atom is 0.181 e. The first-order valence-electron chi connectivity index (χ1n) is 3.73. The van der Waals surface area contributed by atoms with E-state index in [1.807, 2.05) is 0 Å². The average Bonchev–Trinajstić information content (AvgIpc) is 1.97. The van der Waals surface area contributed by atoms with Crippen molar-refractivity contribution in [3.63, 3.8) is 0 Å². The molecule has 1 rings (SSSR count). The molecule has 1 fully saturated rings. The second kappa shape index (κ2) is 3.06. The highest BCUT2D eigenvalue weighted by Gasteiger charge is 2.38. The highest BCUT2D eigenvalue weighted by Crippen LogP contribution is 2.23. The summed E-state index contributed by atoms with van der Waals surface area (Å²) in [6.45, 7) is 3.34. The molecule has 1 heterocycles. The van der Waals surface area contributed by atoms with Gasteiger partial charge in [0.15, 0.2) is 6.29 Å². The van der Waals surface area contributed by atoms with Gasteiger partial charge in [-0.05, 0) is 6.92 Å². The van der Waals surface area contributed by atoms with Crippen molar-refractivity contribution in [3.8, 4) is 0 Å². The molecule has 11 heavy (non-hydrogen) atoms. The number of aliphatic hydroxyl groups is 3. The van der Waals surface area contributed by atoms with Crippen molar-refractivity contribution >= 4 is 0 Å². The van der Waals surface area contributed by atoms with Crippen LogP contribution in [0.25, 0.3) is 0 Å². The molecular formula is C7H14O4. The number of aliphatic hydroxyl groups excluding tert-OH is 3. The third kappa shape index (κ3) is 1.54. The van der Waals surface area contributed by atoms with Crippen LogP contribution in [0.4, 0.5) is 0 Å². The summed E-state index contributed by atoms with van der Waals surface area (Å²) < 4.78 is 4.84. The molecule has 0 aliphatic carbocycles. The molecule has 4 heteroatoms. The molecule has 5 atom stereocenters. The van der Waals surface area contributed by atoms with E-state index in [0.717, 1.165) is 0 Å².